The van der Waals surface area contributed by atoms with Crippen LogP contribution in [-0.2, 0) is 11.3 Å². The number of amides is 1. The van der Waals surface area contributed by atoms with E-state index in [9.17, 15) is 4.79 Å². The van der Waals surface area contributed by atoms with Gasteiger partial charge in [0, 0.05) is 31.4 Å². The Kier molecular flexibility index (Phi) is 4.87. The maximum absolute atomic E-state index is 11.1. The molecule has 0 aromatic carbocycles. The van der Waals surface area contributed by atoms with Crippen molar-refractivity contribution in [3.8, 4) is 0 Å². The summed E-state index contributed by atoms with van der Waals surface area (Å²) in [5, 5.41) is 9.05. The number of thiazole rings is 1. The first-order chi connectivity index (χ1) is 10.2. The minimum atomic E-state index is -0.0526. The van der Waals surface area contributed by atoms with Gasteiger partial charge in [-0.15, -0.1) is 11.3 Å². The molecule has 1 unspecified atom stereocenters. The molecule has 1 aliphatic carbocycles. The number of nitrogens with zero attached hydrogens (tertiary/aromatic N) is 2. The molecule has 2 aliphatic rings. The molecule has 0 bridgehead atoms. The van der Waals surface area contributed by atoms with Crippen molar-refractivity contribution < 1.29 is 4.79 Å². The molecule has 2 N–H and O–H groups in total. The van der Waals surface area contributed by atoms with Crippen molar-refractivity contribution in [2.24, 2.45) is 5.92 Å². The Bertz CT molecular complexity index is 480. The van der Waals surface area contributed by atoms with Gasteiger partial charge in [-0.2, -0.15) is 0 Å². The second-order valence-electron chi connectivity index (χ2n) is 6.20. The molecule has 1 aliphatic heterocycles. The summed E-state index contributed by atoms with van der Waals surface area (Å²) in [4.78, 5) is 18.2. The highest BCUT2D eigenvalue weighted by atomic mass is 32.1. The minimum Gasteiger partial charge on any atom is -0.316 e. The van der Waals surface area contributed by atoms with Crippen LogP contribution < -0.4 is 10.6 Å². The zero-order valence-corrected chi connectivity index (χ0v) is 13.4. The molecule has 2 heterocycles. The van der Waals surface area contributed by atoms with Crippen molar-refractivity contribution in [1.82, 2.24) is 15.2 Å². The van der Waals surface area contributed by atoms with Crippen LogP contribution in [0, 0.1) is 5.92 Å². The summed E-state index contributed by atoms with van der Waals surface area (Å²) >= 11 is 1.52. The van der Waals surface area contributed by atoms with Crippen LogP contribution in [-0.4, -0.2) is 41.5 Å². The summed E-state index contributed by atoms with van der Waals surface area (Å²) in [7, 11) is 0. The normalized spacial score (nSPS) is 22.5. The molecular formula is C15H24N4OS. The van der Waals surface area contributed by atoms with Crippen LogP contribution in [0.25, 0.3) is 0 Å². The molecular weight excluding hydrogens is 284 g/mol. The molecule has 1 aromatic rings. The van der Waals surface area contributed by atoms with Crippen molar-refractivity contribution in [1.29, 1.82) is 0 Å². The first kappa shape index (κ1) is 14.9. The van der Waals surface area contributed by atoms with E-state index in [1.165, 1.54) is 57.0 Å². The first-order valence-electron chi connectivity index (χ1n) is 7.87. The summed E-state index contributed by atoms with van der Waals surface area (Å²) in [6.45, 7) is 5.93. The Labute approximate surface area is 130 Å². The third-order valence-corrected chi connectivity index (χ3v) is 4.96. The van der Waals surface area contributed by atoms with Gasteiger partial charge in [0.05, 0.1) is 5.69 Å². The lowest BCUT2D eigenvalue weighted by Crippen LogP contribution is -2.39. The smallest absolute Gasteiger partial charge is 0.223 e. The fraction of sp³-hybridized carbons (Fsp3) is 0.733. The Morgan fingerprint density at radius 3 is 3.05 bits per heavy atom. The lowest BCUT2D eigenvalue weighted by Gasteiger charge is -2.29. The van der Waals surface area contributed by atoms with Gasteiger partial charge in [0.2, 0.25) is 5.91 Å². The summed E-state index contributed by atoms with van der Waals surface area (Å²) in [6.07, 6.45) is 5.28. The second kappa shape index (κ2) is 6.85. The Hall–Kier alpha value is -0.980. The molecule has 0 radical (unpaired) electrons. The zero-order chi connectivity index (χ0) is 14.7. The van der Waals surface area contributed by atoms with E-state index in [2.05, 4.69) is 25.9 Å². The lowest BCUT2D eigenvalue weighted by atomic mass is 9.99. The molecule has 1 saturated heterocycles. The number of hydrogen-bond acceptors (Lipinski definition) is 5. The fourth-order valence-electron chi connectivity index (χ4n) is 2.99. The minimum absolute atomic E-state index is 0.0526. The van der Waals surface area contributed by atoms with Crippen molar-refractivity contribution >= 4 is 22.4 Å². The van der Waals surface area contributed by atoms with E-state index >= 15 is 0 Å². The highest BCUT2D eigenvalue weighted by Gasteiger charge is 2.31. The summed E-state index contributed by atoms with van der Waals surface area (Å²) in [5.74, 6) is 0.719. The van der Waals surface area contributed by atoms with E-state index in [-0.39, 0.29) is 5.91 Å². The zero-order valence-electron chi connectivity index (χ0n) is 12.6. The molecule has 0 spiro atoms. The molecule has 1 amide bonds. The number of piperidine rings is 1. The molecule has 2 fully saturated rings. The van der Waals surface area contributed by atoms with Crippen LogP contribution in [0.4, 0.5) is 5.13 Å². The number of carbonyl (C=O) groups is 1. The highest BCUT2D eigenvalue weighted by molar-refractivity contribution is 7.13. The molecule has 6 heteroatoms. The van der Waals surface area contributed by atoms with Gasteiger partial charge in [0.1, 0.15) is 0 Å². The van der Waals surface area contributed by atoms with E-state index in [4.69, 9.17) is 0 Å². The average Bonchev–Trinajstić information content (AvgIpc) is 3.22. The van der Waals surface area contributed by atoms with Gasteiger partial charge >= 0.3 is 0 Å². The van der Waals surface area contributed by atoms with Gasteiger partial charge in [-0.05, 0) is 44.7 Å². The van der Waals surface area contributed by atoms with Crippen LogP contribution in [0.3, 0.4) is 0 Å². The summed E-state index contributed by atoms with van der Waals surface area (Å²) in [5.41, 5.74) is 1.08. The topological polar surface area (TPSA) is 57.3 Å². The van der Waals surface area contributed by atoms with Gasteiger partial charge in [0.25, 0.3) is 0 Å². The van der Waals surface area contributed by atoms with Gasteiger partial charge in [-0.25, -0.2) is 4.98 Å². The van der Waals surface area contributed by atoms with Crippen LogP contribution in [0.15, 0.2) is 5.38 Å². The first-order valence-corrected chi connectivity index (χ1v) is 8.75. The Balaban J connectivity index is 1.56. The fourth-order valence-corrected chi connectivity index (χ4v) is 3.74. The maximum Gasteiger partial charge on any atom is 0.223 e. The highest BCUT2D eigenvalue weighted by Crippen LogP contribution is 2.30. The number of carbonyl (C=O) groups excluding carboxylic acids is 1. The van der Waals surface area contributed by atoms with E-state index in [0.717, 1.165) is 30.7 Å². The quantitative estimate of drug-likeness (QED) is 0.844. The predicted octanol–water partition coefficient (Wildman–Crippen LogP) is 2.07. The standard InChI is InChI=1S/C15H24N4OS/c1-11(20)17-15-18-13(10-21-15)9-19(14-4-5-14)8-12-3-2-6-16-7-12/h10,12,14,16H,2-9H2,1H3,(H,17,18,20). The lowest BCUT2D eigenvalue weighted by molar-refractivity contribution is -0.114. The van der Waals surface area contributed by atoms with Gasteiger partial charge in [0.15, 0.2) is 5.13 Å². The number of rotatable bonds is 6. The van der Waals surface area contributed by atoms with Crippen molar-refractivity contribution in [2.45, 2.75) is 45.2 Å². The largest absolute Gasteiger partial charge is 0.316 e. The number of hydrogen-bond donors (Lipinski definition) is 2. The second-order valence-corrected chi connectivity index (χ2v) is 7.06. The van der Waals surface area contributed by atoms with Gasteiger partial charge in [-0.3, -0.25) is 9.69 Å². The maximum atomic E-state index is 11.1. The molecule has 3 rings (SSSR count). The van der Waals surface area contributed by atoms with Crippen LogP contribution >= 0.6 is 11.3 Å². The molecule has 1 atom stereocenters. The van der Waals surface area contributed by atoms with Crippen molar-refractivity contribution in [3.05, 3.63) is 11.1 Å². The van der Waals surface area contributed by atoms with E-state index in [0.29, 0.717) is 5.13 Å². The van der Waals surface area contributed by atoms with Crippen molar-refractivity contribution in [3.63, 3.8) is 0 Å². The predicted molar refractivity (Wildman–Crippen MR) is 85.4 cm³/mol. The molecule has 21 heavy (non-hydrogen) atoms. The van der Waals surface area contributed by atoms with Crippen molar-refractivity contribution in [2.75, 3.05) is 25.0 Å². The van der Waals surface area contributed by atoms with Crippen LogP contribution in [0.5, 0.6) is 0 Å². The van der Waals surface area contributed by atoms with Crippen LogP contribution in [0.1, 0.15) is 38.3 Å². The number of anilines is 1. The Morgan fingerprint density at radius 1 is 1.52 bits per heavy atom. The number of nitrogens with one attached hydrogen (secondary N) is 2. The molecule has 116 valence electrons. The summed E-state index contributed by atoms with van der Waals surface area (Å²) < 4.78 is 0. The monoisotopic (exact) mass is 308 g/mol. The van der Waals surface area contributed by atoms with Gasteiger partial charge in [-0.1, -0.05) is 0 Å². The van der Waals surface area contributed by atoms with E-state index in [1.54, 1.807) is 0 Å². The number of aromatic nitrogens is 1. The molecule has 5 nitrogen and oxygen atoms in total. The van der Waals surface area contributed by atoms with Gasteiger partial charge < -0.3 is 10.6 Å². The van der Waals surface area contributed by atoms with E-state index < -0.39 is 0 Å². The van der Waals surface area contributed by atoms with Crippen LogP contribution in [0.2, 0.25) is 0 Å². The SMILES string of the molecule is CC(=O)Nc1nc(CN(CC2CCCNC2)C2CC2)cs1. The van der Waals surface area contributed by atoms with E-state index in [1.807, 2.05) is 0 Å². The summed E-state index contributed by atoms with van der Waals surface area (Å²) in [6, 6.07) is 0.748. The Morgan fingerprint density at radius 2 is 2.38 bits per heavy atom. The average molecular weight is 308 g/mol. The third kappa shape index (κ3) is 4.49. The molecule has 1 saturated carbocycles. The molecule has 1 aromatic heterocycles. The third-order valence-electron chi connectivity index (χ3n) is 4.15.